The van der Waals surface area contributed by atoms with Gasteiger partial charge in [0.1, 0.15) is 6.61 Å². The van der Waals surface area contributed by atoms with Crippen molar-refractivity contribution >= 4 is 17.5 Å². The average molecular weight is 509 g/mol. The van der Waals surface area contributed by atoms with Gasteiger partial charge in [0.15, 0.2) is 0 Å². The molecule has 0 radical (unpaired) electrons. The summed E-state index contributed by atoms with van der Waals surface area (Å²) < 4.78 is 42.3. The van der Waals surface area contributed by atoms with Crippen molar-refractivity contribution in [3.05, 3.63) is 89.7 Å². The van der Waals surface area contributed by atoms with Crippen LogP contribution in [-0.4, -0.2) is 38.3 Å². The lowest BCUT2D eigenvalue weighted by Crippen LogP contribution is -2.26. The Morgan fingerprint density at radius 1 is 1.03 bits per heavy atom. The maximum absolute atomic E-state index is 13.7. The highest BCUT2D eigenvalue weighted by molar-refractivity contribution is 6.06. The lowest BCUT2D eigenvalue weighted by molar-refractivity contribution is -0.137. The Bertz CT molecular complexity index is 1440. The highest BCUT2D eigenvalue weighted by atomic mass is 19.4. The Balaban J connectivity index is 1.69. The van der Waals surface area contributed by atoms with Crippen molar-refractivity contribution in [2.24, 2.45) is 7.05 Å². The highest BCUT2D eigenvalue weighted by Crippen LogP contribution is 2.37. The fraction of sp³-hybridized carbons (Fsp3) is 0.154. The molecule has 4 rings (SSSR count). The van der Waals surface area contributed by atoms with Crippen LogP contribution in [0.4, 0.5) is 18.9 Å². The van der Waals surface area contributed by atoms with Gasteiger partial charge < -0.3 is 15.7 Å². The van der Waals surface area contributed by atoms with Crippen LogP contribution in [-0.2, 0) is 24.6 Å². The van der Waals surface area contributed by atoms with Crippen molar-refractivity contribution in [2.75, 3.05) is 11.9 Å². The Morgan fingerprint density at radius 2 is 1.78 bits per heavy atom. The van der Waals surface area contributed by atoms with E-state index in [1.54, 1.807) is 43.4 Å². The number of nitrogens with zero attached hydrogens (tertiary/aromatic N) is 3. The first-order valence-electron chi connectivity index (χ1n) is 11.1. The molecule has 0 unspecified atom stereocenters. The SMILES string of the molecule is Cn1ccc(-c2cc(C(=O)Nc3ccc(CNC(=O)CO)nc3-c3ccccc3)ccc2C(F)(F)F)n1. The maximum Gasteiger partial charge on any atom is 0.417 e. The summed E-state index contributed by atoms with van der Waals surface area (Å²) in [6, 6.07) is 16.7. The number of nitrogens with one attached hydrogen (secondary N) is 2. The highest BCUT2D eigenvalue weighted by Gasteiger charge is 2.34. The standard InChI is InChI=1S/C26H22F3N5O3/c1-34-12-11-21(33-34)19-13-17(7-9-20(19)26(27,28)29)25(37)32-22-10-8-18(14-30-23(36)15-35)31-24(22)16-5-3-2-4-6-16/h2-13,35H,14-15H2,1H3,(H,30,36)(H,32,37). The van der Waals surface area contributed by atoms with Crippen LogP contribution in [0.1, 0.15) is 21.6 Å². The van der Waals surface area contributed by atoms with E-state index in [0.29, 0.717) is 22.6 Å². The molecule has 0 fully saturated rings. The van der Waals surface area contributed by atoms with Crippen LogP contribution in [0.25, 0.3) is 22.5 Å². The van der Waals surface area contributed by atoms with Crippen LogP contribution < -0.4 is 10.6 Å². The summed E-state index contributed by atoms with van der Waals surface area (Å²) in [5.74, 6) is -1.20. The molecule has 0 saturated carbocycles. The monoisotopic (exact) mass is 509 g/mol. The Hall–Kier alpha value is -4.51. The number of aliphatic hydroxyl groups is 1. The Labute approximate surface area is 209 Å². The van der Waals surface area contributed by atoms with Crippen molar-refractivity contribution < 1.29 is 27.9 Å². The molecule has 0 saturated heterocycles. The molecule has 0 aliphatic heterocycles. The first-order valence-corrected chi connectivity index (χ1v) is 11.1. The number of rotatable bonds is 7. The predicted octanol–water partition coefficient (Wildman–Crippen LogP) is 4.03. The molecule has 3 N–H and O–H groups in total. The predicted molar refractivity (Wildman–Crippen MR) is 130 cm³/mol. The summed E-state index contributed by atoms with van der Waals surface area (Å²) in [7, 11) is 1.59. The minimum Gasteiger partial charge on any atom is -0.387 e. The number of halogens is 3. The molecule has 0 bridgehead atoms. The summed E-state index contributed by atoms with van der Waals surface area (Å²) in [5, 5.41) is 18.2. The maximum atomic E-state index is 13.7. The van der Waals surface area contributed by atoms with Gasteiger partial charge in [-0.25, -0.2) is 4.98 Å². The van der Waals surface area contributed by atoms with Gasteiger partial charge in [0.25, 0.3) is 5.91 Å². The fourth-order valence-electron chi connectivity index (χ4n) is 3.66. The van der Waals surface area contributed by atoms with Gasteiger partial charge in [-0.05, 0) is 36.4 Å². The van der Waals surface area contributed by atoms with E-state index in [2.05, 4.69) is 20.7 Å². The van der Waals surface area contributed by atoms with E-state index >= 15 is 0 Å². The van der Waals surface area contributed by atoms with Gasteiger partial charge in [0.2, 0.25) is 5.91 Å². The van der Waals surface area contributed by atoms with Crippen LogP contribution in [0.15, 0.2) is 72.9 Å². The molecule has 0 aliphatic carbocycles. The van der Waals surface area contributed by atoms with E-state index in [0.717, 1.165) is 18.2 Å². The fourth-order valence-corrected chi connectivity index (χ4v) is 3.66. The molecular formula is C26H22F3N5O3. The number of pyridine rings is 1. The molecule has 0 spiro atoms. The third-order valence-corrected chi connectivity index (χ3v) is 5.44. The van der Waals surface area contributed by atoms with Gasteiger partial charge in [-0.3, -0.25) is 14.3 Å². The second kappa shape index (κ2) is 10.6. The number of carbonyl (C=O) groups is 2. The smallest absolute Gasteiger partial charge is 0.387 e. The van der Waals surface area contributed by atoms with Crippen molar-refractivity contribution in [2.45, 2.75) is 12.7 Å². The topological polar surface area (TPSA) is 109 Å². The molecule has 2 aromatic heterocycles. The second-order valence-corrected chi connectivity index (χ2v) is 8.09. The van der Waals surface area contributed by atoms with Crippen LogP contribution in [0.2, 0.25) is 0 Å². The summed E-state index contributed by atoms with van der Waals surface area (Å²) in [6.45, 7) is -0.604. The number of carbonyl (C=O) groups excluding carboxylic acids is 2. The van der Waals surface area contributed by atoms with Crippen molar-refractivity contribution in [1.82, 2.24) is 20.1 Å². The summed E-state index contributed by atoms with van der Waals surface area (Å²) in [4.78, 5) is 29.1. The van der Waals surface area contributed by atoms with E-state index in [4.69, 9.17) is 5.11 Å². The van der Waals surface area contributed by atoms with Gasteiger partial charge in [0, 0.05) is 29.9 Å². The third kappa shape index (κ3) is 6.01. The number of amides is 2. The minimum atomic E-state index is -4.63. The van der Waals surface area contributed by atoms with Crippen LogP contribution in [0.5, 0.6) is 0 Å². The minimum absolute atomic E-state index is 0.00644. The Morgan fingerprint density at radius 3 is 2.43 bits per heavy atom. The normalized spacial score (nSPS) is 11.3. The summed E-state index contributed by atoms with van der Waals surface area (Å²) in [5.41, 5.74) is 0.868. The van der Waals surface area contributed by atoms with Crippen LogP contribution >= 0.6 is 0 Å². The van der Waals surface area contributed by atoms with Crippen LogP contribution in [0.3, 0.4) is 0 Å². The Kier molecular flexibility index (Phi) is 7.35. The molecule has 0 atom stereocenters. The van der Waals surface area contributed by atoms with Gasteiger partial charge in [0.05, 0.1) is 34.9 Å². The zero-order valence-electron chi connectivity index (χ0n) is 19.6. The molecule has 2 amide bonds. The first-order chi connectivity index (χ1) is 17.7. The van der Waals surface area contributed by atoms with E-state index < -0.39 is 30.2 Å². The molecular weight excluding hydrogens is 487 g/mol. The molecule has 11 heteroatoms. The average Bonchev–Trinajstić information content (AvgIpc) is 3.33. The summed E-state index contributed by atoms with van der Waals surface area (Å²) >= 11 is 0. The first kappa shape index (κ1) is 25.6. The van der Waals surface area contributed by atoms with E-state index in [9.17, 15) is 22.8 Å². The number of hydrogen-bond donors (Lipinski definition) is 3. The zero-order valence-corrected chi connectivity index (χ0v) is 19.6. The van der Waals surface area contributed by atoms with E-state index in [1.165, 1.54) is 16.9 Å². The number of hydrogen-bond acceptors (Lipinski definition) is 5. The van der Waals surface area contributed by atoms with Crippen LogP contribution in [0, 0.1) is 0 Å². The third-order valence-electron chi connectivity index (χ3n) is 5.44. The molecule has 37 heavy (non-hydrogen) atoms. The quantitative estimate of drug-likeness (QED) is 0.349. The second-order valence-electron chi connectivity index (χ2n) is 8.09. The number of anilines is 1. The summed E-state index contributed by atoms with van der Waals surface area (Å²) in [6.07, 6.45) is -3.11. The van der Waals surface area contributed by atoms with E-state index in [-0.39, 0.29) is 23.4 Å². The molecule has 190 valence electrons. The van der Waals surface area contributed by atoms with Crippen molar-refractivity contribution in [3.63, 3.8) is 0 Å². The van der Waals surface area contributed by atoms with Crippen molar-refractivity contribution in [3.8, 4) is 22.5 Å². The zero-order chi connectivity index (χ0) is 26.6. The van der Waals surface area contributed by atoms with Gasteiger partial charge >= 0.3 is 6.18 Å². The number of aromatic nitrogens is 3. The lowest BCUT2D eigenvalue weighted by atomic mass is 10.00. The van der Waals surface area contributed by atoms with E-state index in [1.807, 2.05) is 6.07 Å². The lowest BCUT2D eigenvalue weighted by Gasteiger charge is -2.15. The van der Waals surface area contributed by atoms with Gasteiger partial charge in [-0.1, -0.05) is 30.3 Å². The van der Waals surface area contributed by atoms with Crippen molar-refractivity contribution in [1.29, 1.82) is 0 Å². The molecule has 2 heterocycles. The molecule has 8 nitrogen and oxygen atoms in total. The van der Waals surface area contributed by atoms with Gasteiger partial charge in [-0.2, -0.15) is 18.3 Å². The number of aliphatic hydroxyl groups excluding tert-OH is 1. The molecule has 4 aromatic rings. The van der Waals surface area contributed by atoms with Gasteiger partial charge in [-0.15, -0.1) is 0 Å². The largest absolute Gasteiger partial charge is 0.417 e. The number of aryl methyl sites for hydroxylation is 1. The number of alkyl halides is 3. The molecule has 0 aliphatic rings. The molecule has 2 aromatic carbocycles. The number of benzene rings is 2.